The number of ether oxygens (including phenoxy) is 1. The van der Waals surface area contributed by atoms with Gasteiger partial charge in [0.2, 0.25) is 0 Å². The van der Waals surface area contributed by atoms with Crippen molar-refractivity contribution < 1.29 is 9.84 Å². The zero-order valence-corrected chi connectivity index (χ0v) is 7.90. The van der Waals surface area contributed by atoms with Gasteiger partial charge in [0.05, 0.1) is 6.10 Å². The van der Waals surface area contributed by atoms with Crippen LogP contribution in [0.25, 0.3) is 0 Å². The molecule has 0 radical (unpaired) electrons. The van der Waals surface area contributed by atoms with Crippen LogP contribution in [0, 0.1) is 0 Å². The fourth-order valence-electron chi connectivity index (χ4n) is 1.86. The highest BCUT2D eigenvalue weighted by Crippen LogP contribution is 2.41. The van der Waals surface area contributed by atoms with Gasteiger partial charge < -0.3 is 14.4 Å². The van der Waals surface area contributed by atoms with Crippen molar-refractivity contribution in [3.63, 3.8) is 0 Å². The van der Waals surface area contributed by atoms with Crippen LogP contribution in [0.4, 0.5) is 0 Å². The summed E-state index contributed by atoms with van der Waals surface area (Å²) in [6, 6.07) is 0. The molecule has 0 amide bonds. The molecule has 1 aromatic heterocycles. The Labute approximate surface area is 77.2 Å². The van der Waals surface area contributed by atoms with Crippen molar-refractivity contribution in [3.05, 3.63) is 18.2 Å². The number of aromatic nitrogens is 2. The molecule has 1 saturated carbocycles. The average molecular weight is 182 g/mol. The van der Waals surface area contributed by atoms with E-state index in [-0.39, 0.29) is 6.10 Å². The minimum absolute atomic E-state index is 0.182. The van der Waals surface area contributed by atoms with Crippen molar-refractivity contribution in [2.75, 3.05) is 7.11 Å². The Morgan fingerprint density at radius 3 is 2.85 bits per heavy atom. The topological polar surface area (TPSA) is 47.3 Å². The second-order valence-corrected chi connectivity index (χ2v) is 3.66. The van der Waals surface area contributed by atoms with Crippen molar-refractivity contribution in [1.82, 2.24) is 9.55 Å². The molecule has 0 bridgehead atoms. The SMILES string of the molecule is COC1CC(O)(c2nccn2C)C1. The van der Waals surface area contributed by atoms with Crippen LogP contribution in [0.1, 0.15) is 18.7 Å². The van der Waals surface area contributed by atoms with Gasteiger partial charge in [0.1, 0.15) is 11.4 Å². The third kappa shape index (κ3) is 1.26. The minimum Gasteiger partial charge on any atom is -0.382 e. The molecule has 1 heterocycles. The van der Waals surface area contributed by atoms with Gasteiger partial charge in [-0.15, -0.1) is 0 Å². The first-order valence-electron chi connectivity index (χ1n) is 4.39. The van der Waals surface area contributed by atoms with Crippen LogP contribution in [0.15, 0.2) is 12.4 Å². The van der Waals surface area contributed by atoms with Gasteiger partial charge in [-0.2, -0.15) is 0 Å². The third-order valence-electron chi connectivity index (χ3n) is 2.70. The monoisotopic (exact) mass is 182 g/mol. The standard InChI is InChI=1S/C9H14N2O2/c1-11-4-3-10-8(11)9(12)5-7(6-9)13-2/h3-4,7,12H,5-6H2,1-2H3. The number of nitrogens with zero attached hydrogens (tertiary/aromatic N) is 2. The van der Waals surface area contributed by atoms with E-state index in [0.29, 0.717) is 12.8 Å². The molecule has 0 atom stereocenters. The first-order chi connectivity index (χ1) is 6.15. The molecular weight excluding hydrogens is 168 g/mol. The van der Waals surface area contributed by atoms with Crippen LogP contribution < -0.4 is 0 Å². The molecule has 0 aromatic carbocycles. The molecule has 13 heavy (non-hydrogen) atoms. The number of aryl methyl sites for hydroxylation is 1. The van der Waals surface area contributed by atoms with Crippen molar-refractivity contribution in [2.24, 2.45) is 7.05 Å². The molecule has 1 aliphatic carbocycles. The maximum Gasteiger partial charge on any atom is 0.140 e. The predicted molar refractivity (Wildman–Crippen MR) is 47.1 cm³/mol. The molecular formula is C9H14N2O2. The minimum atomic E-state index is -0.765. The molecule has 0 aliphatic heterocycles. The average Bonchev–Trinajstić information content (AvgIpc) is 2.46. The van der Waals surface area contributed by atoms with E-state index in [1.165, 1.54) is 0 Å². The van der Waals surface area contributed by atoms with Gasteiger partial charge in [-0.1, -0.05) is 0 Å². The quantitative estimate of drug-likeness (QED) is 0.721. The molecule has 1 N–H and O–H groups in total. The van der Waals surface area contributed by atoms with Crippen LogP contribution in [-0.4, -0.2) is 27.9 Å². The van der Waals surface area contributed by atoms with Gasteiger partial charge in [0.25, 0.3) is 0 Å². The molecule has 4 heteroatoms. The maximum atomic E-state index is 10.1. The van der Waals surface area contributed by atoms with E-state index < -0.39 is 5.60 Å². The molecule has 1 fully saturated rings. The lowest BCUT2D eigenvalue weighted by Crippen LogP contribution is -2.47. The van der Waals surface area contributed by atoms with Gasteiger partial charge in [-0.25, -0.2) is 4.98 Å². The van der Waals surface area contributed by atoms with E-state index in [1.807, 2.05) is 17.8 Å². The zero-order chi connectivity index (χ0) is 9.47. The number of imidazole rings is 1. The summed E-state index contributed by atoms with van der Waals surface area (Å²) in [5, 5.41) is 10.1. The highest BCUT2D eigenvalue weighted by molar-refractivity contribution is 5.11. The Morgan fingerprint density at radius 2 is 2.38 bits per heavy atom. The van der Waals surface area contributed by atoms with Gasteiger partial charge in [-0.05, 0) is 0 Å². The normalized spacial score (nSPS) is 33.0. The van der Waals surface area contributed by atoms with E-state index >= 15 is 0 Å². The lowest BCUT2D eigenvalue weighted by Gasteiger charge is -2.41. The smallest absolute Gasteiger partial charge is 0.140 e. The van der Waals surface area contributed by atoms with Crippen molar-refractivity contribution in [1.29, 1.82) is 0 Å². The number of hydrogen-bond acceptors (Lipinski definition) is 3. The van der Waals surface area contributed by atoms with Crippen molar-refractivity contribution in [3.8, 4) is 0 Å². The summed E-state index contributed by atoms with van der Waals surface area (Å²) in [6.07, 6.45) is 5.02. The van der Waals surface area contributed by atoms with Crippen LogP contribution in [0.2, 0.25) is 0 Å². The van der Waals surface area contributed by atoms with E-state index in [9.17, 15) is 5.11 Å². The van der Waals surface area contributed by atoms with Gasteiger partial charge in [0, 0.05) is 39.4 Å². The molecule has 4 nitrogen and oxygen atoms in total. The molecule has 2 rings (SSSR count). The molecule has 0 spiro atoms. The Hall–Kier alpha value is -0.870. The molecule has 72 valence electrons. The molecule has 1 aromatic rings. The maximum absolute atomic E-state index is 10.1. The van der Waals surface area contributed by atoms with Crippen LogP contribution in [0.3, 0.4) is 0 Å². The predicted octanol–water partition coefficient (Wildman–Crippen LogP) is 0.416. The molecule has 0 saturated heterocycles. The van der Waals surface area contributed by atoms with Crippen molar-refractivity contribution >= 4 is 0 Å². The van der Waals surface area contributed by atoms with Gasteiger partial charge in [-0.3, -0.25) is 0 Å². The summed E-state index contributed by atoms with van der Waals surface area (Å²) in [5.74, 6) is 0.737. The summed E-state index contributed by atoms with van der Waals surface area (Å²) in [6.45, 7) is 0. The summed E-state index contributed by atoms with van der Waals surface area (Å²) >= 11 is 0. The summed E-state index contributed by atoms with van der Waals surface area (Å²) < 4.78 is 6.98. The highest BCUT2D eigenvalue weighted by Gasteiger charge is 2.46. The third-order valence-corrected chi connectivity index (χ3v) is 2.70. The summed E-state index contributed by atoms with van der Waals surface area (Å²) in [5.41, 5.74) is -0.765. The van der Waals surface area contributed by atoms with Crippen LogP contribution >= 0.6 is 0 Å². The second kappa shape index (κ2) is 2.82. The fraction of sp³-hybridized carbons (Fsp3) is 0.667. The van der Waals surface area contributed by atoms with E-state index in [0.717, 1.165) is 5.82 Å². The van der Waals surface area contributed by atoms with Gasteiger partial charge in [0.15, 0.2) is 0 Å². The molecule has 0 unspecified atom stereocenters. The van der Waals surface area contributed by atoms with E-state index in [4.69, 9.17) is 4.74 Å². The highest BCUT2D eigenvalue weighted by atomic mass is 16.5. The summed E-state index contributed by atoms with van der Waals surface area (Å²) in [7, 11) is 3.56. The lowest BCUT2D eigenvalue weighted by atomic mass is 9.77. The number of methoxy groups -OCH3 is 1. The fourth-order valence-corrected chi connectivity index (χ4v) is 1.86. The zero-order valence-electron chi connectivity index (χ0n) is 7.90. The van der Waals surface area contributed by atoms with Crippen LogP contribution in [-0.2, 0) is 17.4 Å². The van der Waals surface area contributed by atoms with E-state index in [1.54, 1.807) is 13.3 Å². The Balaban J connectivity index is 2.15. The largest absolute Gasteiger partial charge is 0.382 e. The number of hydrogen-bond donors (Lipinski definition) is 1. The van der Waals surface area contributed by atoms with Crippen LogP contribution in [0.5, 0.6) is 0 Å². The number of aliphatic hydroxyl groups is 1. The van der Waals surface area contributed by atoms with Crippen molar-refractivity contribution in [2.45, 2.75) is 24.5 Å². The van der Waals surface area contributed by atoms with Gasteiger partial charge >= 0.3 is 0 Å². The Morgan fingerprint density at radius 1 is 1.69 bits per heavy atom. The molecule has 1 aliphatic rings. The van der Waals surface area contributed by atoms with E-state index in [2.05, 4.69) is 4.98 Å². The Bertz CT molecular complexity index is 302. The number of rotatable bonds is 2. The second-order valence-electron chi connectivity index (χ2n) is 3.66. The summed E-state index contributed by atoms with van der Waals surface area (Å²) in [4.78, 5) is 4.14. The lowest BCUT2D eigenvalue weighted by molar-refractivity contribution is -0.139. The Kier molecular flexibility index (Phi) is 1.89. The first-order valence-corrected chi connectivity index (χ1v) is 4.39. The first kappa shape index (κ1) is 8.72.